The fourth-order valence-corrected chi connectivity index (χ4v) is 2.19. The number of nitrogens with one attached hydrogen (secondary N) is 1. The summed E-state index contributed by atoms with van der Waals surface area (Å²) >= 11 is 5.88. The molecule has 0 amide bonds. The summed E-state index contributed by atoms with van der Waals surface area (Å²) in [7, 11) is 0. The highest BCUT2D eigenvalue weighted by molar-refractivity contribution is 6.31. The molecule has 0 aromatic heterocycles. The lowest BCUT2D eigenvalue weighted by atomic mass is 10.1. The van der Waals surface area contributed by atoms with Crippen molar-refractivity contribution in [1.82, 2.24) is 0 Å². The average molecular weight is 291 g/mol. The monoisotopic (exact) mass is 290 g/mol. The lowest BCUT2D eigenvalue weighted by Crippen LogP contribution is -2.07. The van der Waals surface area contributed by atoms with Gasteiger partial charge in [-0.3, -0.25) is 10.1 Å². The molecule has 0 aliphatic heterocycles. The molecule has 0 radical (unpaired) electrons. The SMILES string of the molecule is Cc1cccc(CCNc2cc(Cl)ccc2[N+](=O)[O-])c1. The highest BCUT2D eigenvalue weighted by Gasteiger charge is 2.13. The van der Waals surface area contributed by atoms with E-state index in [0.717, 1.165) is 6.42 Å². The third-order valence-corrected chi connectivity index (χ3v) is 3.20. The molecule has 2 aromatic carbocycles. The third-order valence-electron chi connectivity index (χ3n) is 2.97. The molecule has 2 aromatic rings. The maximum absolute atomic E-state index is 10.9. The van der Waals surface area contributed by atoms with E-state index in [9.17, 15) is 10.1 Å². The van der Waals surface area contributed by atoms with E-state index < -0.39 is 4.92 Å². The van der Waals surface area contributed by atoms with Gasteiger partial charge in [-0.2, -0.15) is 0 Å². The molecule has 0 atom stereocenters. The third kappa shape index (κ3) is 3.71. The van der Waals surface area contributed by atoms with Crippen molar-refractivity contribution in [2.75, 3.05) is 11.9 Å². The Morgan fingerprint density at radius 2 is 2.05 bits per heavy atom. The Kier molecular flexibility index (Phi) is 4.58. The molecule has 0 aliphatic rings. The number of nitro benzene ring substituents is 1. The Morgan fingerprint density at radius 3 is 2.75 bits per heavy atom. The van der Waals surface area contributed by atoms with Crippen molar-refractivity contribution < 1.29 is 4.92 Å². The first kappa shape index (κ1) is 14.3. The van der Waals surface area contributed by atoms with Gasteiger partial charge in [0.2, 0.25) is 0 Å². The lowest BCUT2D eigenvalue weighted by Gasteiger charge is -2.08. The number of aryl methyl sites for hydroxylation is 1. The van der Waals surface area contributed by atoms with Crippen molar-refractivity contribution in [2.24, 2.45) is 0 Å². The van der Waals surface area contributed by atoms with E-state index in [4.69, 9.17) is 11.6 Å². The zero-order valence-electron chi connectivity index (χ0n) is 11.1. The molecule has 4 nitrogen and oxygen atoms in total. The van der Waals surface area contributed by atoms with Gasteiger partial charge in [0.15, 0.2) is 0 Å². The number of halogens is 1. The maximum Gasteiger partial charge on any atom is 0.292 e. The summed E-state index contributed by atoms with van der Waals surface area (Å²) in [5.74, 6) is 0. The molecule has 0 heterocycles. The van der Waals surface area contributed by atoms with Gasteiger partial charge in [-0.1, -0.05) is 41.4 Å². The quantitative estimate of drug-likeness (QED) is 0.663. The van der Waals surface area contributed by atoms with Crippen LogP contribution in [0.2, 0.25) is 5.02 Å². The van der Waals surface area contributed by atoms with Crippen LogP contribution < -0.4 is 5.32 Å². The van der Waals surface area contributed by atoms with E-state index in [1.807, 2.05) is 25.1 Å². The maximum atomic E-state index is 10.9. The zero-order chi connectivity index (χ0) is 14.5. The summed E-state index contributed by atoms with van der Waals surface area (Å²) in [5, 5.41) is 14.5. The minimum Gasteiger partial charge on any atom is -0.379 e. The Balaban J connectivity index is 2.04. The van der Waals surface area contributed by atoms with Gasteiger partial charge in [0, 0.05) is 17.6 Å². The minimum absolute atomic E-state index is 0.0404. The molecule has 0 aliphatic carbocycles. The number of nitro groups is 1. The van der Waals surface area contributed by atoms with Crippen LogP contribution in [0.1, 0.15) is 11.1 Å². The van der Waals surface area contributed by atoms with Gasteiger partial charge in [0.05, 0.1) is 4.92 Å². The Labute approximate surface area is 122 Å². The molecule has 2 rings (SSSR count). The standard InChI is InChI=1S/C15H15ClN2O2/c1-11-3-2-4-12(9-11)7-8-17-14-10-13(16)5-6-15(14)18(19)20/h2-6,9-10,17H,7-8H2,1H3. The average Bonchev–Trinajstić information content (AvgIpc) is 2.38. The van der Waals surface area contributed by atoms with E-state index in [2.05, 4.69) is 11.4 Å². The first-order valence-electron chi connectivity index (χ1n) is 6.29. The van der Waals surface area contributed by atoms with Gasteiger partial charge >= 0.3 is 0 Å². The normalized spacial score (nSPS) is 10.3. The minimum atomic E-state index is -0.411. The van der Waals surface area contributed by atoms with E-state index in [1.165, 1.54) is 23.3 Å². The highest BCUT2D eigenvalue weighted by Crippen LogP contribution is 2.27. The molecule has 0 unspecified atom stereocenters. The van der Waals surface area contributed by atoms with Crippen LogP contribution in [0.4, 0.5) is 11.4 Å². The van der Waals surface area contributed by atoms with Gasteiger partial charge in [0.25, 0.3) is 5.69 Å². The number of hydrogen-bond acceptors (Lipinski definition) is 3. The smallest absolute Gasteiger partial charge is 0.292 e. The van der Waals surface area contributed by atoms with Crippen LogP contribution >= 0.6 is 11.6 Å². The predicted octanol–water partition coefficient (Wildman–Crippen LogP) is 4.21. The number of rotatable bonds is 5. The molecule has 20 heavy (non-hydrogen) atoms. The van der Waals surface area contributed by atoms with Crippen LogP contribution in [0, 0.1) is 17.0 Å². The number of anilines is 1. The zero-order valence-corrected chi connectivity index (χ0v) is 11.9. The summed E-state index contributed by atoms with van der Waals surface area (Å²) in [5.41, 5.74) is 2.90. The van der Waals surface area contributed by atoms with Gasteiger partial charge in [-0.25, -0.2) is 0 Å². The van der Waals surface area contributed by atoms with Crippen molar-refractivity contribution in [2.45, 2.75) is 13.3 Å². The van der Waals surface area contributed by atoms with Crippen molar-refractivity contribution >= 4 is 23.0 Å². The van der Waals surface area contributed by atoms with Crippen LogP contribution in [0.25, 0.3) is 0 Å². The topological polar surface area (TPSA) is 55.2 Å². The molecule has 0 saturated heterocycles. The molecule has 0 spiro atoms. The highest BCUT2D eigenvalue weighted by atomic mass is 35.5. The van der Waals surface area contributed by atoms with Crippen LogP contribution in [-0.4, -0.2) is 11.5 Å². The van der Waals surface area contributed by atoms with Crippen LogP contribution in [-0.2, 0) is 6.42 Å². The van der Waals surface area contributed by atoms with Crippen molar-refractivity contribution in [3.8, 4) is 0 Å². The Hall–Kier alpha value is -2.07. The summed E-state index contributed by atoms with van der Waals surface area (Å²) in [4.78, 5) is 10.5. The molecular weight excluding hydrogens is 276 g/mol. The molecule has 1 N–H and O–H groups in total. The van der Waals surface area contributed by atoms with E-state index in [-0.39, 0.29) is 5.69 Å². The van der Waals surface area contributed by atoms with Gasteiger partial charge < -0.3 is 5.32 Å². The molecule has 5 heteroatoms. The second-order valence-electron chi connectivity index (χ2n) is 4.58. The van der Waals surface area contributed by atoms with E-state index in [1.54, 1.807) is 6.07 Å². The summed E-state index contributed by atoms with van der Waals surface area (Å²) < 4.78 is 0. The van der Waals surface area contributed by atoms with Crippen LogP contribution in [0.15, 0.2) is 42.5 Å². The molecule has 104 valence electrons. The molecule has 0 fully saturated rings. The molecule has 0 bridgehead atoms. The molecule has 0 saturated carbocycles. The summed E-state index contributed by atoms with van der Waals surface area (Å²) in [6.45, 7) is 2.66. The number of nitrogens with zero attached hydrogens (tertiary/aromatic N) is 1. The van der Waals surface area contributed by atoms with Crippen molar-refractivity contribution in [3.63, 3.8) is 0 Å². The molecular formula is C15H15ClN2O2. The van der Waals surface area contributed by atoms with Crippen LogP contribution in [0.3, 0.4) is 0 Å². The first-order valence-corrected chi connectivity index (χ1v) is 6.67. The van der Waals surface area contributed by atoms with Crippen molar-refractivity contribution in [3.05, 3.63) is 68.7 Å². The number of benzene rings is 2. The summed E-state index contributed by atoms with van der Waals surface area (Å²) in [6.07, 6.45) is 0.797. The fourth-order valence-electron chi connectivity index (χ4n) is 2.02. The van der Waals surface area contributed by atoms with Crippen molar-refractivity contribution in [1.29, 1.82) is 0 Å². The Morgan fingerprint density at radius 1 is 1.25 bits per heavy atom. The first-order chi connectivity index (χ1) is 9.56. The second kappa shape index (κ2) is 6.39. The fraction of sp³-hybridized carbons (Fsp3) is 0.200. The van der Waals surface area contributed by atoms with Gasteiger partial charge in [-0.05, 0) is 31.0 Å². The predicted molar refractivity (Wildman–Crippen MR) is 81.5 cm³/mol. The lowest BCUT2D eigenvalue weighted by molar-refractivity contribution is -0.384. The van der Waals surface area contributed by atoms with Gasteiger partial charge in [-0.15, -0.1) is 0 Å². The van der Waals surface area contributed by atoms with E-state index >= 15 is 0 Å². The second-order valence-corrected chi connectivity index (χ2v) is 5.02. The largest absolute Gasteiger partial charge is 0.379 e. The van der Waals surface area contributed by atoms with E-state index in [0.29, 0.717) is 17.3 Å². The Bertz CT molecular complexity index is 629. The van der Waals surface area contributed by atoms with Crippen LogP contribution in [0.5, 0.6) is 0 Å². The summed E-state index contributed by atoms with van der Waals surface area (Å²) in [6, 6.07) is 12.7. The number of hydrogen-bond donors (Lipinski definition) is 1. The van der Waals surface area contributed by atoms with Gasteiger partial charge in [0.1, 0.15) is 5.69 Å².